The minimum Gasteiger partial charge on any atom is -0.381 e. The molecular weight excluding hydrogens is 278 g/mol. The third kappa shape index (κ3) is 1.97. The van der Waals surface area contributed by atoms with Crippen LogP contribution in [-0.2, 0) is 16.9 Å². The first-order chi connectivity index (χ1) is 8.36. The molecule has 0 aliphatic heterocycles. The lowest BCUT2D eigenvalue weighted by Gasteiger charge is -2.05. The van der Waals surface area contributed by atoms with Gasteiger partial charge in [0, 0.05) is 13.2 Å². The molecule has 0 spiro atoms. The molecule has 0 unspecified atom stereocenters. The average molecular weight is 290 g/mol. The van der Waals surface area contributed by atoms with E-state index in [2.05, 4.69) is 10.1 Å². The van der Waals surface area contributed by atoms with Gasteiger partial charge < -0.3 is 10.3 Å². The second-order valence-corrected chi connectivity index (χ2v) is 6.23. The van der Waals surface area contributed by atoms with Crippen LogP contribution < -0.4 is 5.73 Å². The number of halogens is 1. The zero-order valence-corrected chi connectivity index (χ0v) is 11.4. The SMILES string of the molecule is CCS(=O)(=O)c1c(N)nc(-n2ccc(Cl)n2)n1C. The van der Waals surface area contributed by atoms with E-state index in [1.54, 1.807) is 26.2 Å². The van der Waals surface area contributed by atoms with Crippen molar-refractivity contribution in [1.82, 2.24) is 19.3 Å². The molecule has 0 aliphatic rings. The minimum absolute atomic E-state index is 0.00776. The van der Waals surface area contributed by atoms with Crippen LogP contribution >= 0.6 is 11.6 Å². The normalized spacial score (nSPS) is 11.9. The fourth-order valence-electron chi connectivity index (χ4n) is 1.62. The van der Waals surface area contributed by atoms with E-state index in [4.69, 9.17) is 17.3 Å². The number of anilines is 1. The number of sulfone groups is 1. The maximum atomic E-state index is 11.9. The van der Waals surface area contributed by atoms with Crippen LogP contribution in [0.2, 0.25) is 5.15 Å². The predicted molar refractivity (Wildman–Crippen MR) is 67.5 cm³/mol. The van der Waals surface area contributed by atoms with Gasteiger partial charge in [0.25, 0.3) is 0 Å². The summed E-state index contributed by atoms with van der Waals surface area (Å²) in [7, 11) is -1.87. The van der Waals surface area contributed by atoms with Crippen molar-refractivity contribution >= 4 is 27.3 Å². The average Bonchev–Trinajstić information content (AvgIpc) is 2.83. The first-order valence-electron chi connectivity index (χ1n) is 5.13. The highest BCUT2D eigenvalue weighted by atomic mass is 35.5. The van der Waals surface area contributed by atoms with Crippen molar-refractivity contribution in [3.8, 4) is 5.95 Å². The maximum absolute atomic E-state index is 11.9. The van der Waals surface area contributed by atoms with Crippen LogP contribution in [-0.4, -0.2) is 33.5 Å². The Bertz CT molecular complexity index is 688. The summed E-state index contributed by atoms with van der Waals surface area (Å²) in [6.07, 6.45) is 1.58. The lowest BCUT2D eigenvalue weighted by atomic mass is 10.7. The largest absolute Gasteiger partial charge is 0.381 e. The van der Waals surface area contributed by atoms with Crippen LogP contribution in [0, 0.1) is 0 Å². The third-order valence-corrected chi connectivity index (χ3v) is 4.51. The molecule has 9 heteroatoms. The molecule has 98 valence electrons. The highest BCUT2D eigenvalue weighted by Gasteiger charge is 2.24. The van der Waals surface area contributed by atoms with Gasteiger partial charge in [-0.1, -0.05) is 18.5 Å². The van der Waals surface area contributed by atoms with Gasteiger partial charge in [0.2, 0.25) is 5.95 Å². The molecule has 0 aromatic carbocycles. The molecule has 0 amide bonds. The second-order valence-electron chi connectivity index (χ2n) is 3.65. The molecule has 2 heterocycles. The predicted octanol–water partition coefficient (Wildman–Crippen LogP) is 0.635. The van der Waals surface area contributed by atoms with Crippen molar-refractivity contribution in [2.75, 3.05) is 11.5 Å². The zero-order chi connectivity index (χ0) is 13.5. The zero-order valence-electron chi connectivity index (χ0n) is 9.83. The minimum atomic E-state index is -3.44. The Labute approximate surface area is 109 Å². The molecule has 0 bridgehead atoms. The monoisotopic (exact) mass is 289 g/mol. The molecule has 0 saturated heterocycles. The van der Waals surface area contributed by atoms with Crippen molar-refractivity contribution in [2.24, 2.45) is 7.05 Å². The lowest BCUT2D eigenvalue weighted by molar-refractivity contribution is 0.585. The van der Waals surface area contributed by atoms with E-state index in [0.717, 1.165) is 0 Å². The van der Waals surface area contributed by atoms with Gasteiger partial charge in [-0.15, -0.1) is 0 Å². The van der Waals surface area contributed by atoms with Gasteiger partial charge >= 0.3 is 0 Å². The first kappa shape index (κ1) is 12.9. The van der Waals surface area contributed by atoms with Crippen molar-refractivity contribution in [3.63, 3.8) is 0 Å². The Morgan fingerprint density at radius 2 is 2.17 bits per heavy atom. The van der Waals surface area contributed by atoms with Gasteiger partial charge in [-0.2, -0.15) is 10.1 Å². The Kier molecular flexibility index (Phi) is 3.07. The maximum Gasteiger partial charge on any atom is 0.233 e. The molecular formula is C9H12ClN5O2S. The molecule has 2 aromatic heterocycles. The third-order valence-electron chi connectivity index (χ3n) is 2.48. The Morgan fingerprint density at radius 3 is 2.67 bits per heavy atom. The first-order valence-corrected chi connectivity index (χ1v) is 7.16. The van der Waals surface area contributed by atoms with Crippen molar-refractivity contribution < 1.29 is 8.42 Å². The van der Waals surface area contributed by atoms with E-state index in [1.807, 2.05) is 0 Å². The van der Waals surface area contributed by atoms with Gasteiger partial charge in [0.05, 0.1) is 5.75 Å². The summed E-state index contributed by atoms with van der Waals surface area (Å²) < 4.78 is 26.5. The fourth-order valence-corrected chi connectivity index (χ4v) is 2.89. The van der Waals surface area contributed by atoms with Crippen LogP contribution in [0.3, 0.4) is 0 Å². The van der Waals surface area contributed by atoms with Crippen LogP contribution in [0.5, 0.6) is 0 Å². The number of rotatable bonds is 3. The Morgan fingerprint density at radius 1 is 1.50 bits per heavy atom. The molecule has 2 rings (SSSR count). The van der Waals surface area contributed by atoms with Crippen molar-refractivity contribution in [2.45, 2.75) is 11.9 Å². The number of aromatic nitrogens is 4. The summed E-state index contributed by atoms with van der Waals surface area (Å²) in [5.41, 5.74) is 5.66. The molecule has 0 atom stereocenters. The van der Waals surface area contributed by atoms with E-state index in [0.29, 0.717) is 5.95 Å². The topological polar surface area (TPSA) is 95.8 Å². The lowest BCUT2D eigenvalue weighted by Crippen LogP contribution is -2.13. The van der Waals surface area contributed by atoms with Crippen molar-refractivity contribution in [3.05, 3.63) is 17.4 Å². The second kappa shape index (κ2) is 4.29. The molecule has 0 aliphatic carbocycles. The molecule has 0 saturated carbocycles. The molecule has 7 nitrogen and oxygen atoms in total. The van der Waals surface area contributed by atoms with E-state index in [1.165, 1.54) is 9.25 Å². The van der Waals surface area contributed by atoms with Crippen molar-refractivity contribution in [1.29, 1.82) is 0 Å². The quantitative estimate of drug-likeness (QED) is 0.894. The summed E-state index contributed by atoms with van der Waals surface area (Å²) in [4.78, 5) is 4.01. The molecule has 18 heavy (non-hydrogen) atoms. The van der Waals surface area contributed by atoms with Gasteiger partial charge in [-0.05, 0) is 6.07 Å². The van der Waals surface area contributed by atoms with Crippen LogP contribution in [0.1, 0.15) is 6.92 Å². The number of hydrogen-bond acceptors (Lipinski definition) is 5. The molecule has 0 radical (unpaired) electrons. The number of nitrogens with two attached hydrogens (primary N) is 1. The Hall–Kier alpha value is -1.54. The smallest absolute Gasteiger partial charge is 0.233 e. The summed E-state index contributed by atoms with van der Waals surface area (Å²) in [5.74, 6) is 0.211. The van der Waals surface area contributed by atoms with E-state index in [9.17, 15) is 8.42 Å². The van der Waals surface area contributed by atoms with E-state index < -0.39 is 9.84 Å². The standard InChI is InChI=1S/C9H12ClN5O2S/c1-3-18(16,17)8-7(11)12-9(14(8)2)15-5-4-6(10)13-15/h4-5H,3,11H2,1-2H3. The number of nitrogen functional groups attached to an aromatic ring is 1. The number of hydrogen-bond donors (Lipinski definition) is 1. The summed E-state index contributed by atoms with van der Waals surface area (Å²) in [6.45, 7) is 1.55. The fraction of sp³-hybridized carbons (Fsp3) is 0.333. The van der Waals surface area contributed by atoms with Gasteiger partial charge in [-0.3, -0.25) is 0 Å². The highest BCUT2D eigenvalue weighted by Crippen LogP contribution is 2.22. The van der Waals surface area contributed by atoms with Gasteiger partial charge in [0.1, 0.15) is 0 Å². The molecule has 0 fully saturated rings. The summed E-state index contributed by atoms with van der Waals surface area (Å²) in [5, 5.41) is 4.23. The number of nitrogens with zero attached hydrogens (tertiary/aromatic N) is 4. The van der Waals surface area contributed by atoms with Crippen LogP contribution in [0.15, 0.2) is 17.3 Å². The van der Waals surface area contributed by atoms with E-state index in [-0.39, 0.29) is 21.7 Å². The van der Waals surface area contributed by atoms with Crippen LogP contribution in [0.25, 0.3) is 5.95 Å². The van der Waals surface area contributed by atoms with Crippen LogP contribution in [0.4, 0.5) is 5.82 Å². The highest BCUT2D eigenvalue weighted by molar-refractivity contribution is 7.91. The molecule has 2 aromatic rings. The van der Waals surface area contributed by atoms with Gasteiger partial charge in [-0.25, -0.2) is 13.1 Å². The Balaban J connectivity index is 2.65. The summed E-state index contributed by atoms with van der Waals surface area (Å²) in [6, 6.07) is 1.57. The van der Waals surface area contributed by atoms with E-state index >= 15 is 0 Å². The molecule has 2 N–H and O–H groups in total. The van der Waals surface area contributed by atoms with Gasteiger partial charge in [0.15, 0.2) is 25.8 Å². The number of imidazole rings is 1. The summed E-state index contributed by atoms with van der Waals surface area (Å²) >= 11 is 5.71.